The molecule has 0 fully saturated rings. The van der Waals surface area contributed by atoms with Gasteiger partial charge in [-0.2, -0.15) is 0 Å². The molecule has 0 N–H and O–H groups in total. The molecule has 0 spiro atoms. The van der Waals surface area contributed by atoms with Crippen LogP contribution in [0.3, 0.4) is 0 Å². The van der Waals surface area contributed by atoms with Crippen LogP contribution in [0.2, 0.25) is 0 Å². The third-order valence-corrected chi connectivity index (χ3v) is 6.94. The molecule has 0 saturated carbocycles. The van der Waals surface area contributed by atoms with E-state index in [0.29, 0.717) is 30.6 Å². The van der Waals surface area contributed by atoms with Gasteiger partial charge in [0.25, 0.3) is 5.56 Å². The third-order valence-electron chi connectivity index (χ3n) is 6.24. The quantitative estimate of drug-likeness (QED) is 0.152. The van der Waals surface area contributed by atoms with E-state index in [1.807, 2.05) is 42.5 Å². The van der Waals surface area contributed by atoms with Gasteiger partial charge in [0, 0.05) is 12.7 Å². The summed E-state index contributed by atoms with van der Waals surface area (Å²) >= 11 is 3.38. The minimum atomic E-state index is -0.417. The van der Waals surface area contributed by atoms with Crippen LogP contribution in [0.5, 0.6) is 0 Å². The Balaban J connectivity index is 1.53. The Kier molecular flexibility index (Phi) is 9.06. The molecule has 8 heteroatoms. The number of hydrogen-bond acceptors (Lipinski definition) is 5. The number of rotatable bonds is 11. The molecule has 0 aliphatic heterocycles. The molecule has 0 aliphatic carbocycles. The summed E-state index contributed by atoms with van der Waals surface area (Å²) in [7, 11) is 0. The molecule has 0 saturated heterocycles. The van der Waals surface area contributed by atoms with Crippen molar-refractivity contribution in [3.63, 3.8) is 0 Å². The monoisotopic (exact) mass is 563 g/mol. The predicted octanol–water partition coefficient (Wildman–Crippen LogP) is 4.50. The van der Waals surface area contributed by atoms with Crippen molar-refractivity contribution in [2.24, 2.45) is 0 Å². The lowest BCUT2D eigenvalue weighted by Gasteiger charge is -2.14. The number of carbonyl (C=O) groups excluding carboxylic acids is 1. The van der Waals surface area contributed by atoms with Crippen LogP contribution in [0.1, 0.15) is 36.5 Å². The number of benzene rings is 2. The zero-order valence-electron chi connectivity index (χ0n) is 20.8. The van der Waals surface area contributed by atoms with Gasteiger partial charge in [0.1, 0.15) is 10.5 Å². The highest BCUT2D eigenvalue weighted by Gasteiger charge is 2.17. The van der Waals surface area contributed by atoms with Crippen LogP contribution in [-0.2, 0) is 35.5 Å². The highest BCUT2D eigenvalue weighted by Crippen LogP contribution is 2.15. The average molecular weight is 564 g/mol. The molecule has 0 aliphatic rings. The molecule has 2 aromatic heterocycles. The van der Waals surface area contributed by atoms with Crippen molar-refractivity contribution in [1.29, 1.82) is 0 Å². The topological polar surface area (TPSA) is 83.2 Å². The zero-order valence-corrected chi connectivity index (χ0v) is 22.4. The van der Waals surface area contributed by atoms with Gasteiger partial charge in [0.2, 0.25) is 0 Å². The first-order valence-electron chi connectivity index (χ1n) is 12.5. The molecule has 37 heavy (non-hydrogen) atoms. The molecular formula is C29H30BrN3O4. The normalized spacial score (nSPS) is 11.9. The molecule has 4 aromatic rings. The molecule has 0 amide bonds. The number of pyridine rings is 1. The minimum absolute atomic E-state index is 0.284. The highest BCUT2D eigenvalue weighted by atomic mass is 79.9. The van der Waals surface area contributed by atoms with E-state index in [0.717, 1.165) is 30.4 Å². The Labute approximate surface area is 223 Å². The standard InChI is InChI=1S/C29H30BrN3O4/c1-2-37-28(35)25(30)19-22-13-15-23(16-14-22)20-33-26-24(12-8-17-31-26)27(34)32(29(33)36)18-7-6-11-21-9-4-3-5-10-21/h3-5,8-10,12-17,25H,2,6-7,11,18-20H2,1H3. The summed E-state index contributed by atoms with van der Waals surface area (Å²) in [6.45, 7) is 2.76. The number of unbranched alkanes of at least 4 members (excludes halogenated alkanes) is 1. The summed E-state index contributed by atoms with van der Waals surface area (Å²) < 4.78 is 7.95. The maximum absolute atomic E-state index is 13.4. The van der Waals surface area contributed by atoms with Gasteiger partial charge in [0.15, 0.2) is 0 Å². The fourth-order valence-electron chi connectivity index (χ4n) is 4.32. The Morgan fingerprint density at radius 1 is 0.919 bits per heavy atom. The van der Waals surface area contributed by atoms with Crippen molar-refractivity contribution >= 4 is 32.9 Å². The lowest BCUT2D eigenvalue weighted by atomic mass is 10.1. The van der Waals surface area contributed by atoms with Gasteiger partial charge in [-0.3, -0.25) is 18.7 Å². The van der Waals surface area contributed by atoms with Crippen LogP contribution in [0, 0.1) is 0 Å². The first-order chi connectivity index (χ1) is 18.0. The average Bonchev–Trinajstić information content (AvgIpc) is 2.92. The van der Waals surface area contributed by atoms with E-state index in [1.54, 1.807) is 29.8 Å². The fraction of sp³-hybridized carbons (Fsp3) is 0.310. The van der Waals surface area contributed by atoms with E-state index < -0.39 is 4.83 Å². The van der Waals surface area contributed by atoms with Crippen molar-refractivity contribution in [2.75, 3.05) is 6.61 Å². The number of nitrogens with zero attached hydrogens (tertiary/aromatic N) is 3. The summed E-state index contributed by atoms with van der Waals surface area (Å²) in [4.78, 5) is 42.4. The first kappa shape index (κ1) is 26.5. The maximum Gasteiger partial charge on any atom is 0.332 e. The lowest BCUT2D eigenvalue weighted by molar-refractivity contribution is -0.142. The Morgan fingerprint density at radius 3 is 2.38 bits per heavy atom. The fourth-order valence-corrected chi connectivity index (χ4v) is 4.82. The number of aromatic nitrogens is 3. The first-order valence-corrected chi connectivity index (χ1v) is 13.4. The van der Waals surface area contributed by atoms with Gasteiger partial charge in [-0.25, -0.2) is 9.78 Å². The molecule has 4 rings (SSSR count). The summed E-state index contributed by atoms with van der Waals surface area (Å²) in [5, 5.41) is 0.429. The van der Waals surface area contributed by atoms with Crippen molar-refractivity contribution < 1.29 is 9.53 Å². The molecule has 0 bridgehead atoms. The smallest absolute Gasteiger partial charge is 0.332 e. The van der Waals surface area contributed by atoms with Crippen LogP contribution >= 0.6 is 15.9 Å². The third kappa shape index (κ3) is 6.63. The summed E-state index contributed by atoms with van der Waals surface area (Å²) in [5.41, 5.74) is 2.83. The van der Waals surface area contributed by atoms with E-state index >= 15 is 0 Å². The Morgan fingerprint density at radius 2 is 1.65 bits per heavy atom. The number of halogens is 1. The van der Waals surface area contributed by atoms with Gasteiger partial charge in [-0.1, -0.05) is 70.5 Å². The van der Waals surface area contributed by atoms with Gasteiger partial charge >= 0.3 is 11.7 Å². The summed E-state index contributed by atoms with van der Waals surface area (Å²) in [6, 6.07) is 21.3. The number of carbonyl (C=O) groups is 1. The second kappa shape index (κ2) is 12.6. The van der Waals surface area contributed by atoms with Crippen LogP contribution in [0.25, 0.3) is 11.0 Å². The summed E-state index contributed by atoms with van der Waals surface area (Å²) in [5.74, 6) is -0.290. The predicted molar refractivity (Wildman–Crippen MR) is 148 cm³/mol. The van der Waals surface area contributed by atoms with E-state index in [4.69, 9.17) is 4.74 Å². The second-order valence-electron chi connectivity index (χ2n) is 8.88. The van der Waals surface area contributed by atoms with Gasteiger partial charge < -0.3 is 4.74 Å². The Bertz CT molecular complexity index is 1460. The highest BCUT2D eigenvalue weighted by molar-refractivity contribution is 9.10. The van der Waals surface area contributed by atoms with Gasteiger partial charge in [-0.05, 0) is 61.4 Å². The van der Waals surface area contributed by atoms with Gasteiger partial charge in [-0.15, -0.1) is 0 Å². The van der Waals surface area contributed by atoms with E-state index in [1.165, 1.54) is 10.1 Å². The molecule has 2 heterocycles. The molecule has 1 atom stereocenters. The van der Waals surface area contributed by atoms with E-state index in [-0.39, 0.29) is 23.8 Å². The van der Waals surface area contributed by atoms with Crippen LogP contribution in [-0.4, -0.2) is 31.5 Å². The van der Waals surface area contributed by atoms with Crippen LogP contribution in [0.4, 0.5) is 0 Å². The molecule has 0 radical (unpaired) electrons. The van der Waals surface area contributed by atoms with E-state index in [2.05, 4.69) is 33.0 Å². The molecule has 1 unspecified atom stereocenters. The maximum atomic E-state index is 13.4. The molecule has 2 aromatic carbocycles. The number of fused-ring (bicyclic) bond motifs is 1. The summed E-state index contributed by atoms with van der Waals surface area (Å²) in [6.07, 6.45) is 4.59. The van der Waals surface area contributed by atoms with Crippen LogP contribution in [0.15, 0.2) is 82.5 Å². The Hall–Kier alpha value is -3.52. The number of esters is 1. The minimum Gasteiger partial charge on any atom is -0.465 e. The van der Waals surface area contributed by atoms with Crippen LogP contribution < -0.4 is 11.2 Å². The van der Waals surface area contributed by atoms with Gasteiger partial charge in [0.05, 0.1) is 18.5 Å². The largest absolute Gasteiger partial charge is 0.465 e. The van der Waals surface area contributed by atoms with Crippen molar-refractivity contribution in [2.45, 2.75) is 50.5 Å². The van der Waals surface area contributed by atoms with Crippen molar-refractivity contribution in [3.05, 3.63) is 110 Å². The molecular weight excluding hydrogens is 534 g/mol. The molecule has 192 valence electrons. The number of alkyl halides is 1. The van der Waals surface area contributed by atoms with E-state index in [9.17, 15) is 14.4 Å². The molecule has 7 nitrogen and oxygen atoms in total. The SMILES string of the molecule is CCOC(=O)C(Br)Cc1ccc(Cn2c(=O)n(CCCCc3ccccc3)c(=O)c3cccnc32)cc1. The number of hydrogen-bond donors (Lipinski definition) is 0. The number of aryl methyl sites for hydroxylation is 1. The number of ether oxygens (including phenoxy) is 1. The zero-order chi connectivity index (χ0) is 26.2. The second-order valence-corrected chi connectivity index (χ2v) is 9.99. The van der Waals surface area contributed by atoms with Crippen molar-refractivity contribution in [1.82, 2.24) is 14.1 Å². The lowest BCUT2D eigenvalue weighted by Crippen LogP contribution is -2.40. The van der Waals surface area contributed by atoms with Crippen molar-refractivity contribution in [3.8, 4) is 0 Å².